The van der Waals surface area contributed by atoms with E-state index < -0.39 is 0 Å². The van der Waals surface area contributed by atoms with Crippen molar-refractivity contribution in [2.24, 2.45) is 7.05 Å². The van der Waals surface area contributed by atoms with Crippen LogP contribution in [0.15, 0.2) is 31.1 Å². The van der Waals surface area contributed by atoms with E-state index in [1.165, 1.54) is 19.4 Å². The maximum atomic E-state index is 11.7. The molecule has 0 radical (unpaired) electrons. The second-order valence-electron chi connectivity index (χ2n) is 7.38. The third kappa shape index (κ3) is 4.15. The summed E-state index contributed by atoms with van der Waals surface area (Å²) in [7, 11) is 3.30. The van der Waals surface area contributed by atoms with Crippen molar-refractivity contribution < 1.29 is 9.53 Å². The van der Waals surface area contributed by atoms with Crippen LogP contribution in [0.1, 0.15) is 18.4 Å². The summed E-state index contributed by atoms with van der Waals surface area (Å²) in [6, 6.07) is 4.08. The van der Waals surface area contributed by atoms with E-state index >= 15 is 0 Å². The average molecular weight is 433 g/mol. The predicted molar refractivity (Wildman–Crippen MR) is 119 cm³/mol. The molecule has 4 rings (SSSR count). The minimum Gasteiger partial charge on any atom is -0.480 e. The number of nitrogens with zero attached hydrogens (tertiary/aromatic N) is 7. The Bertz CT molecular complexity index is 1210. The van der Waals surface area contributed by atoms with Crippen LogP contribution in [0.5, 0.6) is 5.88 Å². The molecule has 164 valence electrons. The van der Waals surface area contributed by atoms with Crippen LogP contribution in [0.3, 0.4) is 0 Å². The van der Waals surface area contributed by atoms with Crippen molar-refractivity contribution in [1.29, 1.82) is 5.26 Å². The van der Waals surface area contributed by atoms with Crippen LogP contribution >= 0.6 is 0 Å². The van der Waals surface area contributed by atoms with E-state index in [1.807, 2.05) is 19.2 Å². The molecule has 3 aromatic heterocycles. The smallest absolute Gasteiger partial charge is 0.248 e. The molecule has 1 amide bonds. The van der Waals surface area contributed by atoms with Gasteiger partial charge in [-0.3, -0.25) is 9.48 Å². The molecule has 11 nitrogen and oxygen atoms in total. The monoisotopic (exact) mass is 433 g/mol. The first kappa shape index (κ1) is 21.0. The number of piperidine rings is 1. The molecule has 4 heterocycles. The fourth-order valence-electron chi connectivity index (χ4n) is 3.73. The number of carbonyl (C=O) groups excluding carboxylic acids is 1. The number of carbonyl (C=O) groups is 1. The summed E-state index contributed by atoms with van der Waals surface area (Å²) in [5.41, 5.74) is 1.16. The van der Waals surface area contributed by atoms with Crippen LogP contribution < -0.4 is 20.3 Å². The molecule has 1 unspecified atom stereocenters. The first-order valence-electron chi connectivity index (χ1n) is 10.1. The van der Waals surface area contributed by atoms with Crippen LogP contribution in [0, 0.1) is 11.3 Å². The number of rotatable bonds is 6. The van der Waals surface area contributed by atoms with E-state index in [9.17, 15) is 4.79 Å². The quantitative estimate of drug-likeness (QED) is 0.558. The highest BCUT2D eigenvalue weighted by Crippen LogP contribution is 2.27. The molecule has 32 heavy (non-hydrogen) atoms. The summed E-state index contributed by atoms with van der Waals surface area (Å²) in [5, 5.41) is 20.3. The van der Waals surface area contributed by atoms with E-state index in [-0.39, 0.29) is 17.8 Å². The number of hydrogen-bond donors (Lipinski definition) is 2. The third-order valence-electron chi connectivity index (χ3n) is 5.29. The normalized spacial score (nSPS) is 15.8. The zero-order valence-corrected chi connectivity index (χ0v) is 17.9. The number of methoxy groups -OCH3 is 1. The van der Waals surface area contributed by atoms with Crippen molar-refractivity contribution >= 4 is 34.4 Å². The zero-order valence-electron chi connectivity index (χ0n) is 17.9. The molecular formula is C21H23N9O2. The fourth-order valence-corrected chi connectivity index (χ4v) is 3.73. The maximum Gasteiger partial charge on any atom is 0.248 e. The van der Waals surface area contributed by atoms with Gasteiger partial charge < -0.3 is 20.3 Å². The van der Waals surface area contributed by atoms with Crippen LogP contribution in [0.2, 0.25) is 0 Å². The fraction of sp³-hybridized carbons (Fsp3) is 0.333. The first-order valence-corrected chi connectivity index (χ1v) is 10.1. The third-order valence-corrected chi connectivity index (χ3v) is 5.29. The molecule has 0 saturated carbocycles. The van der Waals surface area contributed by atoms with Gasteiger partial charge in [0.1, 0.15) is 17.5 Å². The minimum absolute atomic E-state index is 0.105. The number of nitrogens with one attached hydrogen (secondary N) is 2. The lowest BCUT2D eigenvalue weighted by Crippen LogP contribution is -2.42. The number of aryl methyl sites for hydroxylation is 1. The largest absolute Gasteiger partial charge is 0.480 e. The van der Waals surface area contributed by atoms with Crippen LogP contribution in [0.4, 0.5) is 17.6 Å². The topological polar surface area (TPSA) is 134 Å². The summed E-state index contributed by atoms with van der Waals surface area (Å²) >= 11 is 0. The standard InChI is InChI=1S/C21H23N9O2/c1-4-18(31)26-19-15-11-23-17(8-16(15)29(2)28-19)30-7-5-6-14(12-30)25-21-24-10-13(9-22)20(27-21)32-3/h4,8,10-11,14H,1,5-7,12H2,2-3H3,(H,24,25,27)(H,26,28,31). The zero-order chi connectivity index (χ0) is 22.7. The van der Waals surface area contributed by atoms with Gasteiger partial charge in [0.25, 0.3) is 0 Å². The van der Waals surface area contributed by atoms with Gasteiger partial charge in [-0.1, -0.05) is 6.58 Å². The molecule has 0 aliphatic carbocycles. The van der Waals surface area contributed by atoms with E-state index in [0.29, 0.717) is 23.9 Å². The van der Waals surface area contributed by atoms with Gasteiger partial charge in [0.2, 0.25) is 17.7 Å². The Morgan fingerprint density at radius 2 is 2.25 bits per heavy atom. The molecule has 0 spiro atoms. The number of aromatic nitrogens is 5. The molecule has 1 fully saturated rings. The minimum atomic E-state index is -0.319. The highest BCUT2D eigenvalue weighted by molar-refractivity contribution is 6.04. The van der Waals surface area contributed by atoms with E-state index in [1.54, 1.807) is 10.9 Å². The summed E-state index contributed by atoms with van der Waals surface area (Å²) in [5.74, 6) is 1.63. The number of ether oxygens (including phenoxy) is 1. The Kier molecular flexibility index (Phi) is 5.85. The Balaban J connectivity index is 1.52. The molecule has 3 aromatic rings. The van der Waals surface area contributed by atoms with Crippen molar-refractivity contribution in [3.8, 4) is 11.9 Å². The molecule has 2 N–H and O–H groups in total. The molecule has 1 aliphatic rings. The molecule has 0 aromatic carbocycles. The van der Waals surface area contributed by atoms with Gasteiger partial charge in [-0.05, 0) is 18.9 Å². The molecule has 11 heteroatoms. The summed E-state index contributed by atoms with van der Waals surface area (Å²) < 4.78 is 6.89. The van der Waals surface area contributed by atoms with Gasteiger partial charge in [0.05, 0.1) is 24.2 Å². The highest BCUT2D eigenvalue weighted by Gasteiger charge is 2.23. The SMILES string of the molecule is C=CC(=O)Nc1nn(C)c2cc(N3CCCC(Nc4ncc(C#N)c(OC)n4)C3)ncc12. The van der Waals surface area contributed by atoms with Gasteiger partial charge >= 0.3 is 0 Å². The van der Waals surface area contributed by atoms with Gasteiger partial charge in [-0.15, -0.1) is 0 Å². The Labute approximate surface area is 184 Å². The van der Waals surface area contributed by atoms with E-state index in [0.717, 1.165) is 36.1 Å². The Morgan fingerprint density at radius 1 is 1.41 bits per heavy atom. The number of anilines is 3. The van der Waals surface area contributed by atoms with Crippen molar-refractivity contribution in [3.63, 3.8) is 0 Å². The van der Waals surface area contributed by atoms with Crippen LogP contribution in [0.25, 0.3) is 10.9 Å². The van der Waals surface area contributed by atoms with E-state index in [4.69, 9.17) is 10.00 Å². The lowest BCUT2D eigenvalue weighted by molar-refractivity contribution is -0.111. The van der Waals surface area contributed by atoms with Crippen molar-refractivity contribution in [1.82, 2.24) is 24.7 Å². The summed E-state index contributed by atoms with van der Waals surface area (Å²) in [6.07, 6.45) is 6.30. The van der Waals surface area contributed by atoms with Gasteiger partial charge in [0, 0.05) is 38.4 Å². The Hall–Kier alpha value is -4.20. The Morgan fingerprint density at radius 3 is 3.00 bits per heavy atom. The van der Waals surface area contributed by atoms with Crippen molar-refractivity contribution in [2.45, 2.75) is 18.9 Å². The molecular weight excluding hydrogens is 410 g/mol. The second kappa shape index (κ2) is 8.89. The molecule has 1 aliphatic heterocycles. The first-order chi connectivity index (χ1) is 15.5. The van der Waals surface area contributed by atoms with Crippen molar-refractivity contribution in [2.75, 3.05) is 35.7 Å². The lowest BCUT2D eigenvalue weighted by Gasteiger charge is -2.34. The lowest BCUT2D eigenvalue weighted by atomic mass is 10.1. The number of fused-ring (bicyclic) bond motifs is 1. The average Bonchev–Trinajstić information content (AvgIpc) is 3.13. The number of nitriles is 1. The predicted octanol–water partition coefficient (Wildman–Crippen LogP) is 1.84. The summed E-state index contributed by atoms with van der Waals surface area (Å²) in [6.45, 7) is 5.05. The molecule has 1 saturated heterocycles. The molecule has 1 atom stereocenters. The number of hydrogen-bond acceptors (Lipinski definition) is 9. The summed E-state index contributed by atoms with van der Waals surface area (Å²) in [4.78, 5) is 27.0. The second-order valence-corrected chi connectivity index (χ2v) is 7.38. The van der Waals surface area contributed by atoms with Crippen LogP contribution in [-0.2, 0) is 11.8 Å². The van der Waals surface area contributed by atoms with E-state index in [2.05, 4.69) is 42.2 Å². The van der Waals surface area contributed by atoms with Crippen LogP contribution in [-0.4, -0.2) is 56.9 Å². The number of pyridine rings is 1. The molecule has 0 bridgehead atoms. The highest BCUT2D eigenvalue weighted by atomic mass is 16.5. The van der Waals surface area contributed by atoms with Gasteiger partial charge in [-0.25, -0.2) is 9.97 Å². The maximum absolute atomic E-state index is 11.7. The van der Waals surface area contributed by atoms with Gasteiger partial charge in [-0.2, -0.15) is 15.3 Å². The number of amides is 1. The van der Waals surface area contributed by atoms with Crippen molar-refractivity contribution in [3.05, 3.63) is 36.7 Å². The van der Waals surface area contributed by atoms with Gasteiger partial charge in [0.15, 0.2) is 5.82 Å².